The zero-order chi connectivity index (χ0) is 12.0. The first kappa shape index (κ1) is 13.9. The van der Waals surface area contributed by atoms with Gasteiger partial charge in [-0.15, -0.1) is 0 Å². The summed E-state index contributed by atoms with van der Waals surface area (Å²) in [7, 11) is 0. The average Bonchev–Trinajstić information content (AvgIpc) is 2.29. The van der Waals surface area contributed by atoms with Gasteiger partial charge in [-0.05, 0) is 56.3 Å². The maximum atomic E-state index is 9.48. The van der Waals surface area contributed by atoms with E-state index in [1.165, 1.54) is 0 Å². The highest BCUT2D eigenvalue weighted by Crippen LogP contribution is 2.42. The van der Waals surface area contributed by atoms with Gasteiger partial charge in [-0.1, -0.05) is 0 Å². The van der Waals surface area contributed by atoms with Crippen LogP contribution in [0.5, 0.6) is 0 Å². The lowest BCUT2D eigenvalue weighted by atomic mass is 9.68. The van der Waals surface area contributed by atoms with Gasteiger partial charge in [0.15, 0.2) is 6.29 Å². The zero-order valence-electron chi connectivity index (χ0n) is 9.81. The van der Waals surface area contributed by atoms with E-state index in [0.29, 0.717) is 12.3 Å². The first-order chi connectivity index (χ1) is 7.62. The third-order valence-electron chi connectivity index (χ3n) is 3.93. The first-order valence-electron chi connectivity index (χ1n) is 6.20. The molecule has 0 aromatic carbocycles. The number of hydrogen-bond donors (Lipinski definition) is 4. The molecule has 96 valence electrons. The highest BCUT2D eigenvalue weighted by Gasteiger charge is 2.34. The molecule has 1 fully saturated rings. The molecule has 0 amide bonds. The van der Waals surface area contributed by atoms with E-state index in [2.05, 4.69) is 0 Å². The number of aliphatic hydroxyl groups excluding tert-OH is 3. The highest BCUT2D eigenvalue weighted by atomic mass is 16.5. The van der Waals surface area contributed by atoms with Crippen molar-refractivity contribution in [1.82, 2.24) is 0 Å². The Balaban J connectivity index is 2.34. The van der Waals surface area contributed by atoms with E-state index in [1.807, 2.05) is 0 Å². The summed E-state index contributed by atoms with van der Waals surface area (Å²) in [6, 6.07) is 0. The summed E-state index contributed by atoms with van der Waals surface area (Å²) in [5.41, 5.74) is -0.0411. The molecule has 0 saturated heterocycles. The molecule has 4 nitrogen and oxygen atoms in total. The molecule has 0 spiro atoms. The Hall–Kier alpha value is -0.160. The molecule has 0 aromatic heterocycles. The Morgan fingerprint density at radius 2 is 1.75 bits per heavy atom. The molecule has 0 bridgehead atoms. The maximum absolute atomic E-state index is 9.48. The standard InChI is InChI=1S/C12H24O4/c13-8-10-3-6-12(9-14,7-4-10)5-1-2-11(15)16/h10-11,13-16H,1-9H2. The second-order valence-corrected chi connectivity index (χ2v) is 5.16. The zero-order valence-corrected chi connectivity index (χ0v) is 9.81. The van der Waals surface area contributed by atoms with Gasteiger partial charge in [-0.25, -0.2) is 0 Å². The molecule has 0 heterocycles. The van der Waals surface area contributed by atoms with Crippen LogP contribution in [0.1, 0.15) is 44.9 Å². The minimum Gasteiger partial charge on any atom is -0.396 e. The van der Waals surface area contributed by atoms with Crippen LogP contribution in [0.3, 0.4) is 0 Å². The van der Waals surface area contributed by atoms with Crippen LogP contribution in [-0.2, 0) is 0 Å². The summed E-state index contributed by atoms with van der Waals surface area (Å²) >= 11 is 0. The predicted molar refractivity (Wildman–Crippen MR) is 60.6 cm³/mol. The third-order valence-corrected chi connectivity index (χ3v) is 3.93. The van der Waals surface area contributed by atoms with Gasteiger partial charge in [0.2, 0.25) is 0 Å². The second-order valence-electron chi connectivity index (χ2n) is 5.16. The van der Waals surface area contributed by atoms with Crippen molar-refractivity contribution in [3.05, 3.63) is 0 Å². The average molecular weight is 232 g/mol. The number of hydrogen-bond acceptors (Lipinski definition) is 4. The van der Waals surface area contributed by atoms with Crippen LogP contribution in [0, 0.1) is 11.3 Å². The van der Waals surface area contributed by atoms with Gasteiger partial charge in [-0.2, -0.15) is 0 Å². The minimum absolute atomic E-state index is 0.0411. The van der Waals surface area contributed by atoms with Crippen LogP contribution in [-0.4, -0.2) is 39.9 Å². The Bertz CT molecular complexity index is 185. The van der Waals surface area contributed by atoms with Crippen molar-refractivity contribution in [2.75, 3.05) is 13.2 Å². The smallest absolute Gasteiger partial charge is 0.151 e. The fraction of sp³-hybridized carbons (Fsp3) is 1.00. The van der Waals surface area contributed by atoms with Crippen molar-refractivity contribution >= 4 is 0 Å². The van der Waals surface area contributed by atoms with Crippen LogP contribution < -0.4 is 0 Å². The molecule has 1 aliphatic carbocycles. The molecule has 1 aliphatic rings. The van der Waals surface area contributed by atoms with Crippen molar-refractivity contribution in [3.63, 3.8) is 0 Å². The van der Waals surface area contributed by atoms with Crippen molar-refractivity contribution in [1.29, 1.82) is 0 Å². The van der Waals surface area contributed by atoms with Gasteiger partial charge < -0.3 is 20.4 Å². The van der Waals surface area contributed by atoms with Crippen molar-refractivity contribution in [2.24, 2.45) is 11.3 Å². The minimum atomic E-state index is -1.23. The SMILES string of the molecule is OCC1CCC(CO)(CCCC(O)O)CC1. The molecule has 1 saturated carbocycles. The van der Waals surface area contributed by atoms with Crippen molar-refractivity contribution in [2.45, 2.75) is 51.2 Å². The Morgan fingerprint density at radius 1 is 1.12 bits per heavy atom. The fourth-order valence-electron chi connectivity index (χ4n) is 2.62. The molecule has 0 aliphatic heterocycles. The second kappa shape index (κ2) is 6.55. The van der Waals surface area contributed by atoms with E-state index in [-0.39, 0.29) is 18.6 Å². The maximum Gasteiger partial charge on any atom is 0.151 e. The van der Waals surface area contributed by atoms with Gasteiger partial charge >= 0.3 is 0 Å². The molecule has 16 heavy (non-hydrogen) atoms. The topological polar surface area (TPSA) is 80.9 Å². The van der Waals surface area contributed by atoms with Gasteiger partial charge in [-0.3, -0.25) is 0 Å². The van der Waals surface area contributed by atoms with Gasteiger partial charge in [0.05, 0.1) is 0 Å². The first-order valence-corrected chi connectivity index (χ1v) is 6.20. The lowest BCUT2D eigenvalue weighted by Crippen LogP contribution is -2.32. The normalized spacial score (nSPS) is 30.9. The van der Waals surface area contributed by atoms with E-state index >= 15 is 0 Å². The fourth-order valence-corrected chi connectivity index (χ4v) is 2.62. The molecular formula is C12H24O4. The quantitative estimate of drug-likeness (QED) is 0.506. The van der Waals surface area contributed by atoms with E-state index in [9.17, 15) is 5.11 Å². The molecule has 4 N–H and O–H groups in total. The lowest BCUT2D eigenvalue weighted by molar-refractivity contribution is -0.0508. The van der Waals surface area contributed by atoms with E-state index in [0.717, 1.165) is 38.5 Å². The molecule has 0 radical (unpaired) electrons. The van der Waals surface area contributed by atoms with Crippen LogP contribution in [0.15, 0.2) is 0 Å². The molecule has 0 aromatic rings. The Kier molecular flexibility index (Phi) is 5.69. The summed E-state index contributed by atoms with van der Waals surface area (Å²) in [6.07, 6.45) is 4.56. The van der Waals surface area contributed by atoms with E-state index in [1.54, 1.807) is 0 Å². The van der Waals surface area contributed by atoms with Crippen molar-refractivity contribution in [3.8, 4) is 0 Å². The molecule has 0 atom stereocenters. The monoisotopic (exact) mass is 232 g/mol. The van der Waals surface area contributed by atoms with Crippen LogP contribution in [0.4, 0.5) is 0 Å². The van der Waals surface area contributed by atoms with Gasteiger partial charge in [0, 0.05) is 13.2 Å². The summed E-state index contributed by atoms with van der Waals surface area (Å²) in [5.74, 6) is 0.392. The van der Waals surface area contributed by atoms with E-state index < -0.39 is 6.29 Å². The largest absolute Gasteiger partial charge is 0.396 e. The summed E-state index contributed by atoms with van der Waals surface area (Å²) in [4.78, 5) is 0. The Labute approximate surface area is 96.9 Å². The predicted octanol–water partition coefficient (Wildman–Crippen LogP) is 0.629. The summed E-state index contributed by atoms with van der Waals surface area (Å²) < 4.78 is 0. The summed E-state index contributed by atoms with van der Waals surface area (Å²) in [5, 5.41) is 36.1. The molecule has 0 unspecified atom stereocenters. The van der Waals surface area contributed by atoms with Gasteiger partial charge in [0.1, 0.15) is 0 Å². The molecule has 4 heteroatoms. The van der Waals surface area contributed by atoms with Crippen molar-refractivity contribution < 1.29 is 20.4 Å². The van der Waals surface area contributed by atoms with Gasteiger partial charge in [0.25, 0.3) is 0 Å². The highest BCUT2D eigenvalue weighted by molar-refractivity contribution is 4.85. The van der Waals surface area contributed by atoms with Crippen LogP contribution in [0.2, 0.25) is 0 Å². The van der Waals surface area contributed by atoms with Crippen LogP contribution in [0.25, 0.3) is 0 Å². The number of aliphatic hydroxyl groups is 4. The summed E-state index contributed by atoms with van der Waals surface area (Å²) in [6.45, 7) is 0.420. The van der Waals surface area contributed by atoms with E-state index in [4.69, 9.17) is 15.3 Å². The lowest BCUT2D eigenvalue weighted by Gasteiger charge is -2.38. The number of rotatable bonds is 6. The third kappa shape index (κ3) is 4.01. The molecule has 1 rings (SSSR count). The van der Waals surface area contributed by atoms with Crippen LogP contribution >= 0.6 is 0 Å². The Morgan fingerprint density at radius 3 is 2.19 bits per heavy atom. The molecular weight excluding hydrogens is 208 g/mol.